The van der Waals surface area contributed by atoms with E-state index in [4.69, 9.17) is 14.4 Å². The Morgan fingerprint density at radius 2 is 1.72 bits per heavy atom. The predicted octanol–water partition coefficient (Wildman–Crippen LogP) is 3.63. The van der Waals surface area contributed by atoms with Gasteiger partial charge in [0.1, 0.15) is 12.6 Å². The van der Waals surface area contributed by atoms with Crippen LogP contribution in [0.1, 0.15) is 40.9 Å². The van der Waals surface area contributed by atoms with Gasteiger partial charge in [0.15, 0.2) is 5.69 Å². The molecular formula is C23H21N3O6. The summed E-state index contributed by atoms with van der Waals surface area (Å²) < 4.78 is 10.4. The van der Waals surface area contributed by atoms with Crippen LogP contribution in [0.4, 0.5) is 10.7 Å². The third-order valence-electron chi connectivity index (χ3n) is 5.32. The second-order valence-electron chi connectivity index (χ2n) is 7.30. The van der Waals surface area contributed by atoms with Crippen molar-refractivity contribution in [2.75, 3.05) is 11.9 Å². The predicted molar refractivity (Wildman–Crippen MR) is 114 cm³/mol. The molecule has 0 bridgehead atoms. The molecule has 3 N–H and O–H groups in total. The summed E-state index contributed by atoms with van der Waals surface area (Å²) in [7, 11) is 0. The third kappa shape index (κ3) is 4.18. The Hall–Kier alpha value is -4.14. The molecule has 1 aliphatic carbocycles. The molecule has 164 valence electrons. The molecule has 1 aliphatic rings. The minimum Gasteiger partial charge on any atom is -0.480 e. The molecule has 1 aromatic heterocycles. The van der Waals surface area contributed by atoms with Crippen LogP contribution in [0, 0.1) is 0 Å². The average molecular weight is 435 g/mol. The summed E-state index contributed by atoms with van der Waals surface area (Å²) in [5.41, 5.74) is 4.26. The van der Waals surface area contributed by atoms with E-state index in [2.05, 4.69) is 15.8 Å². The maximum Gasteiger partial charge on any atom is 0.414 e. The summed E-state index contributed by atoms with van der Waals surface area (Å²) in [6.07, 6.45) is -0.545. The van der Waals surface area contributed by atoms with Crippen LogP contribution in [0.5, 0.6) is 0 Å². The molecule has 9 heteroatoms. The highest BCUT2D eigenvalue weighted by Crippen LogP contribution is 2.44. The number of benzene rings is 2. The van der Waals surface area contributed by atoms with Gasteiger partial charge in [-0.2, -0.15) is 0 Å². The van der Waals surface area contributed by atoms with E-state index in [0.717, 1.165) is 22.3 Å². The van der Waals surface area contributed by atoms with Crippen molar-refractivity contribution >= 4 is 23.9 Å². The molecule has 2 amide bonds. The van der Waals surface area contributed by atoms with Gasteiger partial charge in [-0.15, -0.1) is 0 Å². The number of carboxylic acids is 1. The molecule has 1 atom stereocenters. The molecule has 0 spiro atoms. The number of anilines is 1. The molecular weight excluding hydrogens is 414 g/mol. The fourth-order valence-electron chi connectivity index (χ4n) is 3.75. The number of nitrogens with zero attached hydrogens (tertiary/aromatic N) is 1. The number of rotatable bonds is 7. The fraction of sp³-hybridized carbons (Fsp3) is 0.217. The first-order valence-corrected chi connectivity index (χ1v) is 10.1. The summed E-state index contributed by atoms with van der Waals surface area (Å²) in [5, 5.41) is 17.3. The lowest BCUT2D eigenvalue weighted by Gasteiger charge is -2.13. The van der Waals surface area contributed by atoms with E-state index >= 15 is 0 Å². The summed E-state index contributed by atoms with van der Waals surface area (Å²) >= 11 is 0. The first kappa shape index (κ1) is 21.1. The van der Waals surface area contributed by atoms with Crippen LogP contribution >= 0.6 is 0 Å². The number of fused-ring (bicyclic) bond motifs is 3. The van der Waals surface area contributed by atoms with Crippen molar-refractivity contribution in [3.8, 4) is 11.1 Å². The van der Waals surface area contributed by atoms with E-state index in [-0.39, 0.29) is 30.5 Å². The van der Waals surface area contributed by atoms with Gasteiger partial charge in [0, 0.05) is 12.0 Å². The number of amides is 2. The van der Waals surface area contributed by atoms with E-state index in [0.29, 0.717) is 0 Å². The minimum atomic E-state index is -1.15. The van der Waals surface area contributed by atoms with Crippen LogP contribution in [0.2, 0.25) is 0 Å². The SMILES string of the molecule is CCC(NC(=O)c1cc(NC(=O)OCC2c3ccccc3-c3ccccc32)on1)C(=O)O. The molecule has 0 saturated heterocycles. The van der Waals surface area contributed by atoms with Gasteiger partial charge in [0.25, 0.3) is 5.91 Å². The number of hydrogen-bond donors (Lipinski definition) is 3. The van der Waals surface area contributed by atoms with Crippen molar-refractivity contribution in [2.45, 2.75) is 25.3 Å². The monoisotopic (exact) mass is 435 g/mol. The van der Waals surface area contributed by atoms with Gasteiger partial charge in [-0.1, -0.05) is 60.6 Å². The molecule has 0 fully saturated rings. The van der Waals surface area contributed by atoms with Crippen LogP contribution in [0.15, 0.2) is 59.1 Å². The first-order valence-electron chi connectivity index (χ1n) is 10.1. The van der Waals surface area contributed by atoms with Gasteiger partial charge in [0.2, 0.25) is 5.88 Å². The Morgan fingerprint density at radius 3 is 2.31 bits per heavy atom. The number of hydrogen-bond acceptors (Lipinski definition) is 6. The van der Waals surface area contributed by atoms with Gasteiger partial charge >= 0.3 is 12.1 Å². The number of aliphatic carboxylic acids is 1. The van der Waals surface area contributed by atoms with Crippen LogP contribution in [-0.4, -0.2) is 40.9 Å². The zero-order valence-corrected chi connectivity index (χ0v) is 17.2. The first-order chi connectivity index (χ1) is 15.5. The van der Waals surface area contributed by atoms with Gasteiger partial charge in [-0.25, -0.2) is 9.59 Å². The fourth-order valence-corrected chi connectivity index (χ4v) is 3.75. The normalized spacial score (nSPS) is 13.0. The highest BCUT2D eigenvalue weighted by Gasteiger charge is 2.29. The summed E-state index contributed by atoms with van der Waals surface area (Å²) in [4.78, 5) is 35.4. The third-order valence-corrected chi connectivity index (χ3v) is 5.32. The molecule has 9 nitrogen and oxygen atoms in total. The molecule has 0 saturated carbocycles. The molecule has 0 aliphatic heterocycles. The van der Waals surface area contributed by atoms with Gasteiger partial charge in [-0.05, 0) is 28.7 Å². The highest BCUT2D eigenvalue weighted by molar-refractivity contribution is 5.96. The van der Waals surface area contributed by atoms with Crippen molar-refractivity contribution in [3.63, 3.8) is 0 Å². The van der Waals surface area contributed by atoms with Crippen LogP contribution < -0.4 is 10.6 Å². The van der Waals surface area contributed by atoms with E-state index in [9.17, 15) is 14.4 Å². The van der Waals surface area contributed by atoms with Crippen molar-refractivity contribution in [3.05, 3.63) is 71.4 Å². The number of aromatic nitrogens is 1. The Balaban J connectivity index is 1.37. The topological polar surface area (TPSA) is 131 Å². The molecule has 4 rings (SSSR count). The Morgan fingerprint density at radius 1 is 1.09 bits per heavy atom. The Kier molecular flexibility index (Phi) is 5.89. The number of carboxylic acid groups (broad SMARTS) is 1. The molecule has 2 aromatic carbocycles. The van der Waals surface area contributed by atoms with Crippen molar-refractivity contribution in [1.82, 2.24) is 10.5 Å². The molecule has 1 heterocycles. The molecule has 32 heavy (non-hydrogen) atoms. The zero-order valence-electron chi connectivity index (χ0n) is 17.2. The zero-order chi connectivity index (χ0) is 22.7. The lowest BCUT2D eigenvalue weighted by Crippen LogP contribution is -2.40. The maximum absolute atomic E-state index is 12.3. The van der Waals surface area contributed by atoms with Gasteiger partial charge in [-0.3, -0.25) is 10.1 Å². The standard InChI is InChI=1S/C23H21N3O6/c1-2-18(22(28)29)24-21(27)19-11-20(32-26-19)25-23(30)31-12-17-15-9-5-3-7-13(15)14-8-4-6-10-16(14)17/h3-11,17-18H,2,12H2,1H3,(H,24,27)(H,25,30)(H,28,29). The Bertz CT molecular complexity index is 1130. The van der Waals surface area contributed by atoms with Crippen LogP contribution in [0.3, 0.4) is 0 Å². The summed E-state index contributed by atoms with van der Waals surface area (Å²) in [6, 6.07) is 16.1. The molecule has 3 aromatic rings. The lowest BCUT2D eigenvalue weighted by atomic mass is 9.98. The number of carbonyl (C=O) groups excluding carboxylic acids is 2. The van der Waals surface area contributed by atoms with Crippen LogP contribution in [0.25, 0.3) is 11.1 Å². The van der Waals surface area contributed by atoms with Crippen molar-refractivity contribution in [2.24, 2.45) is 0 Å². The quantitative estimate of drug-likeness (QED) is 0.516. The average Bonchev–Trinajstić information content (AvgIpc) is 3.38. The van der Waals surface area contributed by atoms with Crippen molar-refractivity contribution < 1.29 is 28.8 Å². The van der Waals surface area contributed by atoms with Gasteiger partial charge < -0.3 is 19.7 Å². The largest absolute Gasteiger partial charge is 0.480 e. The van der Waals surface area contributed by atoms with Gasteiger partial charge in [0.05, 0.1) is 0 Å². The minimum absolute atomic E-state index is 0.0873. The van der Waals surface area contributed by atoms with Crippen molar-refractivity contribution in [1.29, 1.82) is 0 Å². The molecule has 0 radical (unpaired) electrons. The van der Waals surface area contributed by atoms with E-state index < -0.39 is 24.0 Å². The lowest BCUT2D eigenvalue weighted by molar-refractivity contribution is -0.139. The Labute approximate surface area is 183 Å². The maximum atomic E-state index is 12.3. The summed E-state index contributed by atoms with van der Waals surface area (Å²) in [5.74, 6) is -2.05. The number of carbonyl (C=O) groups is 3. The molecule has 1 unspecified atom stereocenters. The smallest absolute Gasteiger partial charge is 0.414 e. The van der Waals surface area contributed by atoms with E-state index in [1.54, 1.807) is 6.92 Å². The second kappa shape index (κ2) is 8.93. The summed E-state index contributed by atoms with van der Waals surface area (Å²) in [6.45, 7) is 1.75. The second-order valence-corrected chi connectivity index (χ2v) is 7.30. The highest BCUT2D eigenvalue weighted by atomic mass is 16.6. The number of ether oxygens (including phenoxy) is 1. The van der Waals surface area contributed by atoms with E-state index in [1.807, 2.05) is 48.5 Å². The van der Waals surface area contributed by atoms with E-state index in [1.165, 1.54) is 6.07 Å². The van der Waals surface area contributed by atoms with Crippen LogP contribution in [-0.2, 0) is 9.53 Å². The number of nitrogens with one attached hydrogen (secondary N) is 2.